The molecule has 1 aromatic carbocycles. The molecular formula is C17H20ClN3O3. The van der Waals surface area contributed by atoms with Crippen LogP contribution >= 0.6 is 11.6 Å². The molecule has 0 fully saturated rings. The number of pyridine rings is 1. The maximum absolute atomic E-state index is 11.7. The average molecular weight is 350 g/mol. The van der Waals surface area contributed by atoms with Crippen molar-refractivity contribution in [3.05, 3.63) is 53.3 Å². The zero-order chi connectivity index (χ0) is 17.2. The van der Waals surface area contributed by atoms with Crippen LogP contribution in [0, 0.1) is 0 Å². The second kappa shape index (κ2) is 9.75. The van der Waals surface area contributed by atoms with E-state index in [9.17, 15) is 4.79 Å². The number of carbonyl (C=O) groups is 1. The average Bonchev–Trinajstić information content (AvgIpc) is 2.59. The van der Waals surface area contributed by atoms with Gasteiger partial charge in [-0.3, -0.25) is 4.98 Å². The number of nitrogens with zero attached hydrogens (tertiary/aromatic N) is 1. The Morgan fingerprint density at radius 2 is 2.17 bits per heavy atom. The molecule has 0 radical (unpaired) electrons. The van der Waals surface area contributed by atoms with Gasteiger partial charge in [-0.25, -0.2) is 4.79 Å². The van der Waals surface area contributed by atoms with Crippen molar-refractivity contribution in [3.8, 4) is 5.75 Å². The molecule has 6 nitrogen and oxygen atoms in total. The van der Waals surface area contributed by atoms with E-state index in [-0.39, 0.29) is 6.03 Å². The number of carbonyl (C=O) groups excluding carboxylic acids is 1. The standard InChI is InChI=1S/C17H20ClN3O3/c1-23-10-4-9-20-17(22)21-13-6-7-16(15(18)11-13)24-12-14-5-2-3-8-19-14/h2-3,5-8,11H,4,9-10,12H2,1H3,(H2,20,21,22). The molecule has 2 N–H and O–H groups in total. The summed E-state index contributed by atoms with van der Waals surface area (Å²) in [5, 5.41) is 5.87. The highest BCUT2D eigenvalue weighted by molar-refractivity contribution is 6.32. The first-order chi connectivity index (χ1) is 11.7. The van der Waals surface area contributed by atoms with Gasteiger partial charge in [0.2, 0.25) is 0 Å². The summed E-state index contributed by atoms with van der Waals surface area (Å²) < 4.78 is 10.6. The number of hydrogen-bond acceptors (Lipinski definition) is 4. The summed E-state index contributed by atoms with van der Waals surface area (Å²) >= 11 is 6.19. The van der Waals surface area contributed by atoms with Crippen molar-refractivity contribution < 1.29 is 14.3 Å². The van der Waals surface area contributed by atoms with E-state index in [1.807, 2.05) is 18.2 Å². The van der Waals surface area contributed by atoms with E-state index in [0.29, 0.717) is 36.2 Å². The molecule has 0 saturated carbocycles. The Kier molecular flexibility index (Phi) is 7.32. The molecule has 0 aliphatic rings. The maximum atomic E-state index is 11.7. The number of anilines is 1. The highest BCUT2D eigenvalue weighted by Gasteiger charge is 2.06. The van der Waals surface area contributed by atoms with E-state index in [1.165, 1.54) is 0 Å². The molecule has 0 saturated heterocycles. The van der Waals surface area contributed by atoms with Crippen molar-refractivity contribution in [1.29, 1.82) is 0 Å². The number of aromatic nitrogens is 1. The number of halogens is 1. The normalized spacial score (nSPS) is 10.2. The van der Waals surface area contributed by atoms with Crippen LogP contribution in [0.15, 0.2) is 42.6 Å². The Labute approximate surface area is 146 Å². The van der Waals surface area contributed by atoms with Gasteiger partial charge in [0.25, 0.3) is 0 Å². The van der Waals surface area contributed by atoms with Crippen molar-refractivity contribution >= 4 is 23.3 Å². The number of benzene rings is 1. The molecule has 24 heavy (non-hydrogen) atoms. The van der Waals surface area contributed by atoms with Crippen molar-refractivity contribution in [2.24, 2.45) is 0 Å². The molecule has 0 bridgehead atoms. The summed E-state index contributed by atoms with van der Waals surface area (Å²) in [5.74, 6) is 0.536. The summed E-state index contributed by atoms with van der Waals surface area (Å²) in [6.45, 7) is 1.47. The lowest BCUT2D eigenvalue weighted by Crippen LogP contribution is -2.30. The Bertz CT molecular complexity index is 653. The topological polar surface area (TPSA) is 72.5 Å². The minimum Gasteiger partial charge on any atom is -0.486 e. The molecular weight excluding hydrogens is 330 g/mol. The predicted molar refractivity (Wildman–Crippen MR) is 93.5 cm³/mol. The molecule has 0 unspecified atom stereocenters. The third-order valence-corrected chi connectivity index (χ3v) is 3.40. The molecule has 7 heteroatoms. The first kappa shape index (κ1) is 18.0. The minimum absolute atomic E-state index is 0.288. The molecule has 0 spiro atoms. The molecule has 1 heterocycles. The maximum Gasteiger partial charge on any atom is 0.319 e. The fourth-order valence-electron chi connectivity index (χ4n) is 1.92. The number of rotatable bonds is 8. The highest BCUT2D eigenvalue weighted by Crippen LogP contribution is 2.28. The molecule has 2 amide bonds. The first-order valence-corrected chi connectivity index (χ1v) is 7.93. The number of hydrogen-bond donors (Lipinski definition) is 2. The SMILES string of the molecule is COCCCNC(=O)Nc1ccc(OCc2ccccn2)c(Cl)c1. The van der Waals surface area contributed by atoms with Crippen LogP contribution in [0.3, 0.4) is 0 Å². The number of amides is 2. The van der Waals surface area contributed by atoms with Gasteiger partial charge < -0.3 is 20.1 Å². The molecule has 1 aromatic heterocycles. The Hall–Kier alpha value is -2.31. The summed E-state index contributed by atoms with van der Waals surface area (Å²) in [5.41, 5.74) is 1.40. The lowest BCUT2D eigenvalue weighted by atomic mass is 10.3. The quantitative estimate of drug-likeness (QED) is 0.716. The van der Waals surface area contributed by atoms with Gasteiger partial charge in [-0.15, -0.1) is 0 Å². The van der Waals surface area contributed by atoms with E-state index in [0.717, 1.165) is 12.1 Å². The van der Waals surface area contributed by atoms with E-state index < -0.39 is 0 Å². The van der Waals surface area contributed by atoms with Crippen LogP contribution in [0.25, 0.3) is 0 Å². The Balaban J connectivity index is 1.84. The van der Waals surface area contributed by atoms with Gasteiger partial charge in [0, 0.05) is 32.1 Å². The van der Waals surface area contributed by atoms with Crippen LogP contribution in [0.2, 0.25) is 5.02 Å². The zero-order valence-electron chi connectivity index (χ0n) is 13.4. The van der Waals surface area contributed by atoms with Crippen LogP contribution in [-0.4, -0.2) is 31.3 Å². The van der Waals surface area contributed by atoms with Gasteiger partial charge in [-0.1, -0.05) is 17.7 Å². The summed E-state index contributed by atoms with van der Waals surface area (Å²) in [6.07, 6.45) is 2.46. The van der Waals surface area contributed by atoms with Gasteiger partial charge in [0.15, 0.2) is 0 Å². The zero-order valence-corrected chi connectivity index (χ0v) is 14.2. The van der Waals surface area contributed by atoms with Crippen molar-refractivity contribution in [3.63, 3.8) is 0 Å². The van der Waals surface area contributed by atoms with Crippen LogP contribution in [0.5, 0.6) is 5.75 Å². The van der Waals surface area contributed by atoms with Crippen molar-refractivity contribution in [2.45, 2.75) is 13.0 Å². The van der Waals surface area contributed by atoms with Crippen LogP contribution in [-0.2, 0) is 11.3 Å². The second-order valence-electron chi connectivity index (χ2n) is 4.98. The fraction of sp³-hybridized carbons (Fsp3) is 0.294. The molecule has 128 valence electrons. The Morgan fingerprint density at radius 1 is 1.29 bits per heavy atom. The van der Waals surface area contributed by atoms with Crippen LogP contribution in [0.4, 0.5) is 10.5 Å². The van der Waals surface area contributed by atoms with E-state index >= 15 is 0 Å². The molecule has 0 aliphatic heterocycles. The lowest BCUT2D eigenvalue weighted by molar-refractivity contribution is 0.194. The molecule has 2 aromatic rings. The molecule has 0 aliphatic carbocycles. The largest absolute Gasteiger partial charge is 0.486 e. The number of urea groups is 1. The fourth-order valence-corrected chi connectivity index (χ4v) is 2.16. The van der Waals surface area contributed by atoms with Gasteiger partial charge in [0.05, 0.1) is 10.7 Å². The van der Waals surface area contributed by atoms with Gasteiger partial charge in [-0.05, 0) is 36.8 Å². The van der Waals surface area contributed by atoms with Gasteiger partial charge in [-0.2, -0.15) is 0 Å². The number of nitrogens with one attached hydrogen (secondary N) is 2. The van der Waals surface area contributed by atoms with E-state index in [2.05, 4.69) is 15.6 Å². The minimum atomic E-state index is -0.288. The summed E-state index contributed by atoms with van der Waals surface area (Å²) in [4.78, 5) is 15.9. The third kappa shape index (κ3) is 6.06. The summed E-state index contributed by atoms with van der Waals surface area (Å²) in [6, 6.07) is 10.4. The predicted octanol–water partition coefficient (Wildman–Crippen LogP) is 3.47. The molecule has 2 rings (SSSR count). The Morgan fingerprint density at radius 3 is 2.88 bits per heavy atom. The van der Waals surface area contributed by atoms with Gasteiger partial charge >= 0.3 is 6.03 Å². The van der Waals surface area contributed by atoms with Crippen molar-refractivity contribution in [1.82, 2.24) is 10.3 Å². The number of ether oxygens (including phenoxy) is 2. The summed E-state index contributed by atoms with van der Waals surface area (Å²) in [7, 11) is 1.62. The van der Waals surface area contributed by atoms with Gasteiger partial charge in [0.1, 0.15) is 12.4 Å². The first-order valence-electron chi connectivity index (χ1n) is 7.55. The monoisotopic (exact) mass is 349 g/mol. The van der Waals surface area contributed by atoms with Crippen LogP contribution < -0.4 is 15.4 Å². The lowest BCUT2D eigenvalue weighted by Gasteiger charge is -2.11. The van der Waals surface area contributed by atoms with Crippen molar-refractivity contribution in [2.75, 3.05) is 25.6 Å². The molecule has 0 atom stereocenters. The van der Waals surface area contributed by atoms with E-state index in [1.54, 1.807) is 31.5 Å². The third-order valence-electron chi connectivity index (χ3n) is 3.10. The second-order valence-corrected chi connectivity index (χ2v) is 5.39. The highest BCUT2D eigenvalue weighted by atomic mass is 35.5. The smallest absolute Gasteiger partial charge is 0.319 e. The van der Waals surface area contributed by atoms with E-state index in [4.69, 9.17) is 21.1 Å². The van der Waals surface area contributed by atoms with Crippen LogP contribution in [0.1, 0.15) is 12.1 Å². The number of methoxy groups -OCH3 is 1.